The molecule has 1 saturated carbocycles. The third-order valence-corrected chi connectivity index (χ3v) is 5.71. The van der Waals surface area contributed by atoms with Crippen LogP contribution in [0.1, 0.15) is 18.5 Å². The van der Waals surface area contributed by atoms with Crippen LogP contribution in [0.4, 0.5) is 0 Å². The third kappa shape index (κ3) is 2.17. The summed E-state index contributed by atoms with van der Waals surface area (Å²) < 4.78 is 28.0. The Morgan fingerprint density at radius 3 is 2.61 bits per heavy atom. The quantitative estimate of drug-likeness (QED) is 0.823. The highest BCUT2D eigenvalue weighted by molar-refractivity contribution is 7.89. The average molecular weight is 272 g/mol. The first kappa shape index (κ1) is 13.5. The first-order chi connectivity index (χ1) is 8.39. The number of hydrogen-bond donors (Lipinski definition) is 1. The molecule has 0 aromatic carbocycles. The zero-order chi connectivity index (χ0) is 13.5. The SMILES string of the molecule is Cc1c(S(=O)(=O)N(C)C(CN)C2CC2)cnn1C. The van der Waals surface area contributed by atoms with E-state index in [0.29, 0.717) is 18.2 Å². The van der Waals surface area contributed by atoms with Crippen molar-refractivity contribution in [1.82, 2.24) is 14.1 Å². The highest BCUT2D eigenvalue weighted by Crippen LogP contribution is 2.36. The Hall–Kier alpha value is -0.920. The van der Waals surface area contributed by atoms with E-state index >= 15 is 0 Å². The number of sulfonamides is 1. The fourth-order valence-corrected chi connectivity index (χ4v) is 3.79. The van der Waals surface area contributed by atoms with Gasteiger partial charge in [-0.2, -0.15) is 9.40 Å². The van der Waals surface area contributed by atoms with E-state index in [1.165, 1.54) is 10.5 Å². The van der Waals surface area contributed by atoms with E-state index in [1.807, 2.05) is 0 Å². The van der Waals surface area contributed by atoms with Crippen molar-refractivity contribution >= 4 is 10.0 Å². The standard InChI is InChI=1S/C11H20N4O2S/c1-8-11(7-13-14(8)2)18(16,17)15(3)10(6-12)9-4-5-9/h7,9-10H,4-6,12H2,1-3H3. The summed E-state index contributed by atoms with van der Waals surface area (Å²) in [6, 6.07) is -0.102. The lowest BCUT2D eigenvalue weighted by Gasteiger charge is -2.26. The molecule has 7 heteroatoms. The van der Waals surface area contributed by atoms with Gasteiger partial charge in [-0.3, -0.25) is 4.68 Å². The summed E-state index contributed by atoms with van der Waals surface area (Å²) in [6.45, 7) is 2.11. The molecule has 0 aliphatic heterocycles. The molecule has 1 aromatic heterocycles. The van der Waals surface area contributed by atoms with Crippen molar-refractivity contribution in [2.24, 2.45) is 18.7 Å². The van der Waals surface area contributed by atoms with E-state index in [0.717, 1.165) is 12.8 Å². The lowest BCUT2D eigenvalue weighted by atomic mass is 10.2. The van der Waals surface area contributed by atoms with Crippen LogP contribution in [0.15, 0.2) is 11.1 Å². The minimum atomic E-state index is -3.50. The predicted molar refractivity (Wildman–Crippen MR) is 68.5 cm³/mol. The molecule has 0 bridgehead atoms. The molecule has 2 N–H and O–H groups in total. The van der Waals surface area contributed by atoms with Gasteiger partial charge >= 0.3 is 0 Å². The van der Waals surface area contributed by atoms with Gasteiger partial charge < -0.3 is 5.73 Å². The molecular formula is C11H20N4O2S. The van der Waals surface area contributed by atoms with Crippen LogP contribution in [-0.4, -0.2) is 42.1 Å². The second-order valence-electron chi connectivity index (χ2n) is 4.88. The Labute approximate surface area is 108 Å². The van der Waals surface area contributed by atoms with Crippen molar-refractivity contribution in [1.29, 1.82) is 0 Å². The number of hydrogen-bond acceptors (Lipinski definition) is 4. The van der Waals surface area contributed by atoms with Crippen molar-refractivity contribution in [2.45, 2.75) is 30.7 Å². The van der Waals surface area contributed by atoms with Gasteiger partial charge in [-0.25, -0.2) is 8.42 Å². The molecule has 1 aliphatic rings. The summed E-state index contributed by atoms with van der Waals surface area (Å²) >= 11 is 0. The van der Waals surface area contributed by atoms with E-state index in [1.54, 1.807) is 25.7 Å². The number of nitrogens with two attached hydrogens (primary N) is 1. The molecule has 0 amide bonds. The van der Waals surface area contributed by atoms with Crippen LogP contribution in [0.3, 0.4) is 0 Å². The van der Waals surface area contributed by atoms with Crippen LogP contribution < -0.4 is 5.73 Å². The maximum Gasteiger partial charge on any atom is 0.246 e. The number of nitrogens with zero attached hydrogens (tertiary/aromatic N) is 3. The normalized spacial score (nSPS) is 18.3. The van der Waals surface area contributed by atoms with Gasteiger partial charge in [-0.15, -0.1) is 0 Å². The van der Waals surface area contributed by atoms with Gasteiger partial charge in [0.1, 0.15) is 4.90 Å². The van der Waals surface area contributed by atoms with Gasteiger partial charge in [0, 0.05) is 26.7 Å². The summed E-state index contributed by atoms with van der Waals surface area (Å²) in [5.74, 6) is 0.409. The van der Waals surface area contributed by atoms with E-state index in [2.05, 4.69) is 5.10 Å². The second-order valence-corrected chi connectivity index (χ2v) is 6.85. The minimum Gasteiger partial charge on any atom is -0.329 e. The second kappa shape index (κ2) is 4.64. The van der Waals surface area contributed by atoms with Gasteiger partial charge in [0.15, 0.2) is 0 Å². The van der Waals surface area contributed by atoms with Crippen molar-refractivity contribution in [3.05, 3.63) is 11.9 Å². The first-order valence-corrected chi connectivity index (χ1v) is 7.50. The Morgan fingerprint density at radius 2 is 2.22 bits per heavy atom. The maximum absolute atomic E-state index is 12.5. The Balaban J connectivity index is 2.33. The van der Waals surface area contributed by atoms with Gasteiger partial charge in [0.2, 0.25) is 10.0 Å². The molecular weight excluding hydrogens is 252 g/mol. The largest absolute Gasteiger partial charge is 0.329 e. The van der Waals surface area contributed by atoms with Crippen LogP contribution in [0.5, 0.6) is 0 Å². The fourth-order valence-electron chi connectivity index (χ4n) is 2.18. The van der Waals surface area contributed by atoms with E-state index < -0.39 is 10.0 Å². The average Bonchev–Trinajstić information content (AvgIpc) is 3.08. The van der Waals surface area contributed by atoms with E-state index in [9.17, 15) is 8.42 Å². The predicted octanol–water partition coefficient (Wildman–Crippen LogP) is 0.0863. The zero-order valence-electron chi connectivity index (χ0n) is 11.0. The molecule has 102 valence electrons. The monoisotopic (exact) mass is 272 g/mol. The summed E-state index contributed by atoms with van der Waals surface area (Å²) in [5.41, 5.74) is 6.35. The molecule has 18 heavy (non-hydrogen) atoms. The molecule has 1 aliphatic carbocycles. The number of aromatic nitrogens is 2. The van der Waals surface area contributed by atoms with Crippen LogP contribution in [0.25, 0.3) is 0 Å². The Kier molecular flexibility index (Phi) is 3.48. The van der Waals surface area contributed by atoms with Crippen molar-refractivity contribution in [3.8, 4) is 0 Å². The molecule has 1 aromatic rings. The lowest BCUT2D eigenvalue weighted by Crippen LogP contribution is -2.43. The maximum atomic E-state index is 12.5. The summed E-state index contributed by atoms with van der Waals surface area (Å²) in [6.07, 6.45) is 3.53. The molecule has 0 saturated heterocycles. The molecule has 0 spiro atoms. The number of likely N-dealkylation sites (N-methyl/N-ethyl adjacent to an activating group) is 1. The highest BCUT2D eigenvalue weighted by atomic mass is 32.2. The minimum absolute atomic E-state index is 0.102. The van der Waals surface area contributed by atoms with E-state index in [4.69, 9.17) is 5.73 Å². The van der Waals surface area contributed by atoms with Crippen LogP contribution in [0, 0.1) is 12.8 Å². The molecule has 0 radical (unpaired) electrons. The smallest absolute Gasteiger partial charge is 0.246 e. The van der Waals surface area contributed by atoms with Gasteiger partial charge in [-0.05, 0) is 25.7 Å². The topological polar surface area (TPSA) is 81.2 Å². The third-order valence-electron chi connectivity index (χ3n) is 3.72. The molecule has 2 rings (SSSR count). The Morgan fingerprint density at radius 1 is 1.61 bits per heavy atom. The summed E-state index contributed by atoms with van der Waals surface area (Å²) in [5, 5.41) is 3.99. The van der Waals surface area contributed by atoms with Gasteiger partial charge in [0.05, 0.1) is 11.9 Å². The Bertz CT molecular complexity index is 533. The molecule has 1 unspecified atom stereocenters. The number of rotatable bonds is 5. The van der Waals surface area contributed by atoms with Crippen LogP contribution in [0.2, 0.25) is 0 Å². The highest BCUT2D eigenvalue weighted by Gasteiger charge is 2.39. The molecule has 1 fully saturated rings. The van der Waals surface area contributed by atoms with Crippen molar-refractivity contribution in [2.75, 3.05) is 13.6 Å². The molecule has 1 heterocycles. The van der Waals surface area contributed by atoms with Crippen LogP contribution in [-0.2, 0) is 17.1 Å². The van der Waals surface area contributed by atoms with Crippen molar-refractivity contribution < 1.29 is 8.42 Å². The van der Waals surface area contributed by atoms with Gasteiger partial charge in [0.25, 0.3) is 0 Å². The molecule has 6 nitrogen and oxygen atoms in total. The lowest BCUT2D eigenvalue weighted by molar-refractivity contribution is 0.340. The summed E-state index contributed by atoms with van der Waals surface area (Å²) in [7, 11) is -0.155. The summed E-state index contributed by atoms with van der Waals surface area (Å²) in [4.78, 5) is 0.270. The van der Waals surface area contributed by atoms with Gasteiger partial charge in [-0.1, -0.05) is 0 Å². The zero-order valence-corrected chi connectivity index (χ0v) is 11.8. The first-order valence-electron chi connectivity index (χ1n) is 6.06. The van der Waals surface area contributed by atoms with E-state index in [-0.39, 0.29) is 10.9 Å². The molecule has 1 atom stereocenters. The number of aryl methyl sites for hydroxylation is 1. The van der Waals surface area contributed by atoms with Crippen LogP contribution >= 0.6 is 0 Å². The fraction of sp³-hybridized carbons (Fsp3) is 0.727. The van der Waals surface area contributed by atoms with Crippen molar-refractivity contribution in [3.63, 3.8) is 0 Å².